The van der Waals surface area contributed by atoms with Crippen molar-refractivity contribution >= 4 is 50.7 Å². The number of thiazole rings is 1. The largest absolute Gasteiger partial charge is 0.502 e. The number of halogens is 1. The number of aliphatic imine (C=N–C) groups is 1. The van der Waals surface area contributed by atoms with E-state index in [9.17, 15) is 15.2 Å². The summed E-state index contributed by atoms with van der Waals surface area (Å²) in [5.41, 5.74) is 3.17. The van der Waals surface area contributed by atoms with Gasteiger partial charge in [-0.1, -0.05) is 35.9 Å². The van der Waals surface area contributed by atoms with Crippen molar-refractivity contribution < 1.29 is 10.0 Å². The highest BCUT2D eigenvalue weighted by Gasteiger charge is 2.18. The smallest absolute Gasteiger partial charge is 0.312 e. The number of nitro benzene ring substituents is 1. The van der Waals surface area contributed by atoms with Gasteiger partial charge in [-0.15, -0.1) is 11.3 Å². The van der Waals surface area contributed by atoms with Gasteiger partial charge in [0.2, 0.25) is 5.75 Å². The number of nitro groups is 1. The molecule has 1 N–H and O–H groups in total. The molecule has 0 bridgehead atoms. The first-order chi connectivity index (χ1) is 13.9. The fourth-order valence-corrected chi connectivity index (χ4v) is 4.04. The van der Waals surface area contributed by atoms with E-state index in [0.717, 1.165) is 32.4 Å². The molecule has 0 spiro atoms. The van der Waals surface area contributed by atoms with E-state index in [1.54, 1.807) is 11.3 Å². The summed E-state index contributed by atoms with van der Waals surface area (Å²) in [7, 11) is 0. The molecule has 144 valence electrons. The average Bonchev–Trinajstić information content (AvgIpc) is 3.13. The van der Waals surface area contributed by atoms with Gasteiger partial charge in [0.1, 0.15) is 5.01 Å². The Kier molecular flexibility index (Phi) is 5.00. The molecule has 1 heterocycles. The Morgan fingerprint density at radius 3 is 2.76 bits per heavy atom. The zero-order valence-corrected chi connectivity index (χ0v) is 16.7. The van der Waals surface area contributed by atoms with Crippen molar-refractivity contribution in [1.29, 1.82) is 0 Å². The van der Waals surface area contributed by atoms with Crippen LogP contribution in [0.15, 0.2) is 59.6 Å². The van der Waals surface area contributed by atoms with Crippen LogP contribution in [-0.2, 0) is 0 Å². The third kappa shape index (κ3) is 3.83. The molecule has 1 aromatic heterocycles. The number of nitrogens with zero attached hydrogens (tertiary/aromatic N) is 3. The molecule has 0 unspecified atom stereocenters. The lowest BCUT2D eigenvalue weighted by Crippen LogP contribution is -1.92. The molecule has 0 saturated carbocycles. The van der Waals surface area contributed by atoms with Crippen LogP contribution in [-0.4, -0.2) is 21.2 Å². The Labute approximate surface area is 174 Å². The maximum Gasteiger partial charge on any atom is 0.312 e. The molecule has 6 nitrogen and oxygen atoms in total. The molecule has 0 saturated heterocycles. The molecule has 0 atom stereocenters. The Bertz CT molecular complexity index is 1250. The zero-order valence-electron chi connectivity index (χ0n) is 15.2. The summed E-state index contributed by atoms with van der Waals surface area (Å²) in [6, 6.07) is 16.3. The van der Waals surface area contributed by atoms with Gasteiger partial charge < -0.3 is 5.11 Å². The third-order valence-electron chi connectivity index (χ3n) is 4.37. The quantitative estimate of drug-likeness (QED) is 0.237. The van der Waals surface area contributed by atoms with E-state index in [4.69, 9.17) is 11.6 Å². The summed E-state index contributed by atoms with van der Waals surface area (Å²) in [5, 5.41) is 22.2. The summed E-state index contributed by atoms with van der Waals surface area (Å²) in [4.78, 5) is 19.5. The van der Waals surface area contributed by atoms with Gasteiger partial charge in [-0.2, -0.15) is 0 Å². The van der Waals surface area contributed by atoms with Crippen LogP contribution in [0.1, 0.15) is 11.1 Å². The van der Waals surface area contributed by atoms with Crippen LogP contribution in [0.4, 0.5) is 11.4 Å². The van der Waals surface area contributed by atoms with Gasteiger partial charge in [0.05, 0.1) is 20.8 Å². The lowest BCUT2D eigenvalue weighted by atomic mass is 10.1. The first-order valence-electron chi connectivity index (χ1n) is 8.60. The van der Waals surface area contributed by atoms with Gasteiger partial charge in [-0.05, 0) is 36.8 Å². The highest BCUT2D eigenvalue weighted by Crippen LogP contribution is 2.35. The Balaban J connectivity index is 1.73. The number of aromatic hydroxyl groups is 1. The lowest BCUT2D eigenvalue weighted by molar-refractivity contribution is -0.385. The van der Waals surface area contributed by atoms with Crippen molar-refractivity contribution in [3.8, 4) is 16.3 Å². The van der Waals surface area contributed by atoms with E-state index >= 15 is 0 Å². The molecule has 4 rings (SSSR count). The maximum absolute atomic E-state index is 11.1. The van der Waals surface area contributed by atoms with E-state index in [-0.39, 0.29) is 10.6 Å². The van der Waals surface area contributed by atoms with E-state index in [1.807, 2.05) is 49.4 Å². The normalized spacial score (nSPS) is 11.4. The van der Waals surface area contributed by atoms with E-state index < -0.39 is 16.4 Å². The van der Waals surface area contributed by atoms with Crippen molar-refractivity contribution in [2.24, 2.45) is 4.99 Å². The van der Waals surface area contributed by atoms with Gasteiger partial charge in [0.15, 0.2) is 0 Å². The molecule has 0 amide bonds. The summed E-state index contributed by atoms with van der Waals surface area (Å²) in [6.45, 7) is 1.91. The van der Waals surface area contributed by atoms with Gasteiger partial charge in [0, 0.05) is 28.4 Å². The fourth-order valence-electron chi connectivity index (χ4n) is 2.86. The van der Waals surface area contributed by atoms with Crippen LogP contribution in [0.5, 0.6) is 5.75 Å². The van der Waals surface area contributed by atoms with Crippen molar-refractivity contribution in [2.75, 3.05) is 0 Å². The summed E-state index contributed by atoms with van der Waals surface area (Å²) >= 11 is 7.53. The SMILES string of the molecule is Cc1ccc(-c2nc3ccccc3s2)cc1N=Cc1cc(Cl)cc([N+](=O)[O-])c1O. The van der Waals surface area contributed by atoms with Crippen LogP contribution in [0.2, 0.25) is 5.02 Å². The minimum absolute atomic E-state index is 0.149. The highest BCUT2D eigenvalue weighted by atomic mass is 35.5. The van der Waals surface area contributed by atoms with Gasteiger partial charge in [-0.25, -0.2) is 4.98 Å². The van der Waals surface area contributed by atoms with Crippen LogP contribution in [0.3, 0.4) is 0 Å². The second-order valence-electron chi connectivity index (χ2n) is 6.37. The Hall–Kier alpha value is -3.29. The molecule has 0 aliphatic heterocycles. The molecule has 0 aliphatic carbocycles. The van der Waals surface area contributed by atoms with E-state index in [0.29, 0.717) is 5.69 Å². The number of hydrogen-bond donors (Lipinski definition) is 1. The molecule has 0 radical (unpaired) electrons. The minimum Gasteiger partial charge on any atom is -0.502 e. The third-order valence-corrected chi connectivity index (χ3v) is 5.68. The fraction of sp³-hybridized carbons (Fsp3) is 0.0476. The first-order valence-corrected chi connectivity index (χ1v) is 9.79. The second kappa shape index (κ2) is 7.62. The van der Waals surface area contributed by atoms with Crippen LogP contribution < -0.4 is 0 Å². The van der Waals surface area contributed by atoms with Gasteiger partial charge in [0.25, 0.3) is 0 Å². The summed E-state index contributed by atoms with van der Waals surface area (Å²) in [5.74, 6) is -0.469. The standard InChI is InChI=1S/C21H14ClN3O3S/c1-12-6-7-13(21-24-16-4-2-3-5-19(16)29-21)9-17(12)23-11-14-8-15(22)10-18(20(14)26)25(27)28/h2-11,26H,1H3. The highest BCUT2D eigenvalue weighted by molar-refractivity contribution is 7.21. The van der Waals surface area contributed by atoms with E-state index in [1.165, 1.54) is 12.3 Å². The molecule has 3 aromatic carbocycles. The molecular formula is C21H14ClN3O3S. The summed E-state index contributed by atoms with van der Waals surface area (Å²) < 4.78 is 1.10. The number of fused-ring (bicyclic) bond motifs is 1. The van der Waals surface area contributed by atoms with Crippen molar-refractivity contribution in [1.82, 2.24) is 4.98 Å². The predicted molar refractivity (Wildman–Crippen MR) is 117 cm³/mol. The monoisotopic (exact) mass is 423 g/mol. The second-order valence-corrected chi connectivity index (χ2v) is 7.83. The summed E-state index contributed by atoms with van der Waals surface area (Å²) in [6.07, 6.45) is 1.37. The molecule has 0 aliphatic rings. The van der Waals surface area contributed by atoms with Crippen LogP contribution in [0, 0.1) is 17.0 Å². The Morgan fingerprint density at radius 2 is 2.00 bits per heavy atom. The number of hydrogen-bond acceptors (Lipinski definition) is 6. The minimum atomic E-state index is -0.683. The zero-order chi connectivity index (χ0) is 20.5. The number of benzene rings is 3. The number of rotatable bonds is 4. The number of para-hydroxylation sites is 1. The maximum atomic E-state index is 11.1. The average molecular weight is 424 g/mol. The number of phenolic OH excluding ortho intramolecular Hbond substituents is 1. The number of phenols is 1. The molecular weight excluding hydrogens is 410 g/mol. The van der Waals surface area contributed by atoms with Crippen LogP contribution >= 0.6 is 22.9 Å². The molecule has 4 aromatic rings. The first kappa shape index (κ1) is 19.0. The number of aromatic nitrogens is 1. The molecule has 0 fully saturated rings. The molecule has 8 heteroatoms. The van der Waals surface area contributed by atoms with Gasteiger partial charge in [-0.3, -0.25) is 15.1 Å². The topological polar surface area (TPSA) is 88.6 Å². The van der Waals surface area contributed by atoms with Crippen molar-refractivity contribution in [3.63, 3.8) is 0 Å². The van der Waals surface area contributed by atoms with Crippen molar-refractivity contribution in [3.05, 3.63) is 80.9 Å². The molecule has 29 heavy (non-hydrogen) atoms. The predicted octanol–water partition coefficient (Wildman–Crippen LogP) is 6.29. The van der Waals surface area contributed by atoms with E-state index in [2.05, 4.69) is 9.98 Å². The lowest BCUT2D eigenvalue weighted by Gasteiger charge is -2.04. The van der Waals surface area contributed by atoms with Crippen molar-refractivity contribution in [2.45, 2.75) is 6.92 Å². The Morgan fingerprint density at radius 1 is 1.21 bits per heavy atom. The van der Waals surface area contributed by atoms with Gasteiger partial charge >= 0.3 is 5.69 Å². The van der Waals surface area contributed by atoms with Crippen LogP contribution in [0.25, 0.3) is 20.8 Å². The number of aryl methyl sites for hydroxylation is 1.